The molecule has 5 N–H and O–H groups in total. The summed E-state index contributed by atoms with van der Waals surface area (Å²) < 4.78 is 5.55. The second kappa shape index (κ2) is 16.9. The predicted molar refractivity (Wildman–Crippen MR) is 191 cm³/mol. The Bertz CT molecular complexity index is 1610. The summed E-state index contributed by atoms with van der Waals surface area (Å²) in [5.74, 6) is -1.32. The van der Waals surface area contributed by atoms with E-state index in [4.69, 9.17) is 4.74 Å². The number of hydrogen-bond acceptors (Lipinski definition) is 7. The van der Waals surface area contributed by atoms with E-state index in [0.717, 1.165) is 30.4 Å². The number of amides is 4. The van der Waals surface area contributed by atoms with E-state index >= 15 is 0 Å². The van der Waals surface area contributed by atoms with Crippen molar-refractivity contribution in [3.05, 3.63) is 101 Å². The summed E-state index contributed by atoms with van der Waals surface area (Å²) in [4.78, 5) is 58.3. The van der Waals surface area contributed by atoms with E-state index < -0.39 is 23.5 Å². The number of rotatable bonds is 15. The fourth-order valence-corrected chi connectivity index (χ4v) is 6.31. The van der Waals surface area contributed by atoms with Crippen molar-refractivity contribution < 1.29 is 23.9 Å². The lowest BCUT2D eigenvalue weighted by Crippen LogP contribution is -2.70. The molecule has 4 amide bonds. The SMILES string of the molecule is CC(C)(C)CNC(=O)CC(NC1(CNC(=O)c2ccncc2)COC1)C(=O)NC(CCc1ccccc1)C(=O)N[C@@H]1CCCc2ccccc21. The fourth-order valence-electron chi connectivity index (χ4n) is 6.31. The van der Waals surface area contributed by atoms with Gasteiger partial charge in [-0.25, -0.2) is 0 Å². The number of benzene rings is 2. The number of pyridine rings is 1. The third-order valence-corrected chi connectivity index (χ3v) is 9.17. The molecule has 0 saturated carbocycles. The Hall–Kier alpha value is -4.61. The first-order chi connectivity index (χ1) is 24.0. The van der Waals surface area contributed by atoms with Gasteiger partial charge in [0.2, 0.25) is 17.7 Å². The zero-order valence-corrected chi connectivity index (χ0v) is 29.3. The number of nitrogens with one attached hydrogen (secondary N) is 5. The summed E-state index contributed by atoms with van der Waals surface area (Å²) >= 11 is 0. The molecule has 2 aromatic carbocycles. The van der Waals surface area contributed by atoms with E-state index in [-0.39, 0.29) is 55.4 Å². The lowest BCUT2D eigenvalue weighted by atomic mass is 9.87. The molecule has 1 aliphatic heterocycles. The van der Waals surface area contributed by atoms with Crippen LogP contribution in [0.1, 0.15) is 79.5 Å². The monoisotopic (exact) mass is 682 g/mol. The maximum Gasteiger partial charge on any atom is 0.251 e. The summed E-state index contributed by atoms with van der Waals surface area (Å²) in [6.45, 7) is 7.11. The molecule has 0 bridgehead atoms. The Morgan fingerprint density at radius 3 is 2.32 bits per heavy atom. The van der Waals surface area contributed by atoms with Crippen molar-refractivity contribution in [2.24, 2.45) is 5.41 Å². The van der Waals surface area contributed by atoms with Gasteiger partial charge in [0.1, 0.15) is 6.04 Å². The average molecular weight is 683 g/mol. The van der Waals surface area contributed by atoms with Gasteiger partial charge in [-0.2, -0.15) is 0 Å². The van der Waals surface area contributed by atoms with Gasteiger partial charge in [0.25, 0.3) is 5.91 Å². The van der Waals surface area contributed by atoms with Gasteiger partial charge >= 0.3 is 0 Å². The van der Waals surface area contributed by atoms with E-state index in [1.165, 1.54) is 5.56 Å². The summed E-state index contributed by atoms with van der Waals surface area (Å²) in [5, 5.41) is 15.5. The van der Waals surface area contributed by atoms with Gasteiger partial charge in [-0.1, -0.05) is 75.4 Å². The van der Waals surface area contributed by atoms with Crippen LogP contribution < -0.4 is 26.6 Å². The molecule has 11 nitrogen and oxygen atoms in total. The van der Waals surface area contributed by atoms with Gasteiger partial charge in [0.05, 0.1) is 37.3 Å². The molecule has 3 atom stereocenters. The van der Waals surface area contributed by atoms with Gasteiger partial charge < -0.3 is 26.0 Å². The van der Waals surface area contributed by atoms with Gasteiger partial charge in [0, 0.05) is 31.0 Å². The normalized spacial score (nSPS) is 17.6. The predicted octanol–water partition coefficient (Wildman–Crippen LogP) is 3.40. The highest BCUT2D eigenvalue weighted by atomic mass is 16.5. The molecule has 2 heterocycles. The highest BCUT2D eigenvalue weighted by Crippen LogP contribution is 2.29. The van der Waals surface area contributed by atoms with Crippen LogP contribution in [-0.4, -0.2) is 72.5 Å². The number of aromatic nitrogens is 1. The van der Waals surface area contributed by atoms with Crippen LogP contribution in [0.15, 0.2) is 79.1 Å². The van der Waals surface area contributed by atoms with Crippen molar-refractivity contribution in [3.63, 3.8) is 0 Å². The van der Waals surface area contributed by atoms with Crippen molar-refractivity contribution in [1.82, 2.24) is 31.6 Å². The van der Waals surface area contributed by atoms with Crippen molar-refractivity contribution in [2.45, 2.75) is 83.0 Å². The molecule has 5 rings (SSSR count). The number of hydrogen-bond donors (Lipinski definition) is 5. The maximum absolute atomic E-state index is 14.2. The quantitative estimate of drug-likeness (QED) is 0.165. The molecule has 1 aliphatic carbocycles. The molecule has 50 heavy (non-hydrogen) atoms. The van der Waals surface area contributed by atoms with Crippen LogP contribution >= 0.6 is 0 Å². The molecule has 1 fully saturated rings. The topological polar surface area (TPSA) is 151 Å². The minimum atomic E-state index is -1.00. The van der Waals surface area contributed by atoms with Crippen molar-refractivity contribution >= 4 is 23.6 Å². The second-order valence-corrected chi connectivity index (χ2v) is 14.7. The van der Waals surface area contributed by atoms with E-state index in [1.807, 2.05) is 63.2 Å². The standard InChI is InChI=1S/C39H50N6O5/c1-38(2,3)23-41-34(46)22-33(45-39(25-50-26-39)24-42-35(47)29-18-20-40-21-19-29)37(49)44-32(17-16-27-10-5-4-6-11-27)36(48)43-31-15-9-13-28-12-7-8-14-30(28)31/h4-8,10-12,14,18-21,31-33,45H,9,13,15-17,22-26H2,1-3H3,(H,41,46)(H,42,47)(H,43,48)(H,44,49)/t31-,32?,33?/m1/s1. The Kier molecular flexibility index (Phi) is 12.4. The van der Waals surface area contributed by atoms with Crippen LogP contribution in [0.25, 0.3) is 0 Å². The molecular weight excluding hydrogens is 632 g/mol. The third-order valence-electron chi connectivity index (χ3n) is 9.17. The molecule has 0 spiro atoms. The number of ether oxygens (including phenoxy) is 1. The zero-order chi connectivity index (χ0) is 35.6. The highest BCUT2D eigenvalue weighted by Gasteiger charge is 2.43. The van der Waals surface area contributed by atoms with E-state index in [9.17, 15) is 19.2 Å². The lowest BCUT2D eigenvalue weighted by Gasteiger charge is -2.44. The van der Waals surface area contributed by atoms with Gasteiger partial charge in [-0.05, 0) is 66.3 Å². The zero-order valence-electron chi connectivity index (χ0n) is 29.3. The second-order valence-electron chi connectivity index (χ2n) is 14.7. The molecule has 1 saturated heterocycles. The van der Waals surface area contributed by atoms with Gasteiger partial charge in [-0.15, -0.1) is 0 Å². The lowest BCUT2D eigenvalue weighted by molar-refractivity contribution is -0.135. The molecule has 1 aromatic heterocycles. The minimum absolute atomic E-state index is 0.153. The van der Waals surface area contributed by atoms with Crippen LogP contribution in [0, 0.1) is 5.41 Å². The summed E-state index contributed by atoms with van der Waals surface area (Å²) in [6, 6.07) is 19.2. The van der Waals surface area contributed by atoms with Crippen LogP contribution in [0.4, 0.5) is 0 Å². The molecule has 3 aromatic rings. The van der Waals surface area contributed by atoms with Crippen molar-refractivity contribution in [3.8, 4) is 0 Å². The largest absolute Gasteiger partial charge is 0.377 e. The maximum atomic E-state index is 14.2. The Labute approximate surface area is 294 Å². The highest BCUT2D eigenvalue weighted by molar-refractivity contribution is 5.94. The van der Waals surface area contributed by atoms with E-state index in [0.29, 0.717) is 24.9 Å². The third kappa shape index (κ3) is 10.4. The van der Waals surface area contributed by atoms with Crippen molar-refractivity contribution in [2.75, 3.05) is 26.3 Å². The summed E-state index contributed by atoms with van der Waals surface area (Å²) in [6.07, 6.45) is 6.61. The van der Waals surface area contributed by atoms with Crippen molar-refractivity contribution in [1.29, 1.82) is 0 Å². The summed E-state index contributed by atoms with van der Waals surface area (Å²) in [7, 11) is 0. The van der Waals surface area contributed by atoms with Gasteiger partial charge in [0.15, 0.2) is 0 Å². The molecule has 266 valence electrons. The molecule has 2 unspecified atom stereocenters. The first kappa shape index (κ1) is 36.7. The fraction of sp³-hybridized carbons (Fsp3) is 0.462. The minimum Gasteiger partial charge on any atom is -0.377 e. The molecule has 2 aliphatic rings. The van der Waals surface area contributed by atoms with E-state index in [2.05, 4.69) is 43.7 Å². The number of aryl methyl sites for hydroxylation is 2. The number of carbonyl (C=O) groups is 4. The Balaban J connectivity index is 1.33. The van der Waals surface area contributed by atoms with E-state index in [1.54, 1.807) is 24.5 Å². The number of nitrogens with zero attached hydrogens (tertiary/aromatic N) is 1. The van der Waals surface area contributed by atoms with Crippen LogP contribution in [0.5, 0.6) is 0 Å². The first-order valence-electron chi connectivity index (χ1n) is 17.5. The van der Waals surface area contributed by atoms with Crippen LogP contribution in [0.3, 0.4) is 0 Å². The number of fused-ring (bicyclic) bond motifs is 1. The number of carbonyl (C=O) groups excluding carboxylic acids is 4. The van der Waals surface area contributed by atoms with Crippen LogP contribution in [0.2, 0.25) is 0 Å². The average Bonchev–Trinajstić information content (AvgIpc) is 3.10. The Morgan fingerprint density at radius 2 is 1.62 bits per heavy atom. The summed E-state index contributed by atoms with van der Waals surface area (Å²) in [5.41, 5.74) is 2.90. The van der Waals surface area contributed by atoms with Gasteiger partial charge in [-0.3, -0.25) is 29.5 Å². The first-order valence-corrected chi connectivity index (χ1v) is 17.5. The van der Waals surface area contributed by atoms with Crippen LogP contribution in [-0.2, 0) is 32.0 Å². The molecule has 11 heteroatoms. The molecular formula is C39H50N6O5. The smallest absolute Gasteiger partial charge is 0.251 e. The Morgan fingerprint density at radius 1 is 0.900 bits per heavy atom. The molecule has 0 radical (unpaired) electrons.